The summed E-state index contributed by atoms with van der Waals surface area (Å²) >= 11 is 0. The van der Waals surface area contributed by atoms with E-state index in [1.54, 1.807) is 0 Å². The van der Waals surface area contributed by atoms with Crippen LogP contribution >= 0.6 is 0 Å². The Hall–Kier alpha value is -1.90. The van der Waals surface area contributed by atoms with Gasteiger partial charge in [-0.15, -0.1) is 0 Å². The third-order valence-electron chi connectivity index (χ3n) is 3.26. The SMILES string of the molecule is O.O=C(O)CN(CCN(CC(=O)O)CC(=O)O)CCN(CC(=O)O)CC(=O)O.[Cl-].[Ru+3]. The fraction of sp³-hybridized carbons (Fsp3) is 0.643. The van der Waals surface area contributed by atoms with Crippen molar-refractivity contribution in [3.63, 3.8) is 0 Å². The minimum atomic E-state index is -1.24. The molecule has 0 saturated heterocycles. The van der Waals surface area contributed by atoms with E-state index in [1.807, 2.05) is 0 Å². The smallest absolute Gasteiger partial charge is 1.00 e. The summed E-state index contributed by atoms with van der Waals surface area (Å²) in [7, 11) is 0. The van der Waals surface area contributed by atoms with Crippen LogP contribution in [0.5, 0.6) is 0 Å². The summed E-state index contributed by atoms with van der Waals surface area (Å²) in [6, 6.07) is 0. The van der Waals surface area contributed by atoms with Gasteiger partial charge in [-0.1, -0.05) is 0 Å². The molecule has 0 aromatic rings. The van der Waals surface area contributed by atoms with Crippen LogP contribution in [0.25, 0.3) is 0 Å². The first-order valence-corrected chi connectivity index (χ1v) is 7.75. The zero-order valence-corrected chi connectivity index (χ0v) is 18.2. The molecular formula is C14H25ClN3O11Ru+2. The number of nitrogens with zero attached hydrogens (tertiary/aromatic N) is 3. The van der Waals surface area contributed by atoms with E-state index < -0.39 is 62.6 Å². The van der Waals surface area contributed by atoms with Gasteiger partial charge in [0, 0.05) is 26.2 Å². The first-order valence-electron chi connectivity index (χ1n) is 7.75. The third kappa shape index (κ3) is 20.8. The fourth-order valence-corrected chi connectivity index (χ4v) is 2.22. The van der Waals surface area contributed by atoms with Crippen molar-refractivity contribution < 1.29 is 86.9 Å². The predicted molar refractivity (Wildman–Crippen MR) is 91.1 cm³/mol. The number of hydrogen-bond acceptors (Lipinski definition) is 8. The van der Waals surface area contributed by atoms with Gasteiger partial charge in [0.2, 0.25) is 0 Å². The maximum atomic E-state index is 11.0. The maximum Gasteiger partial charge on any atom is 3.00 e. The number of carboxylic acid groups (broad SMARTS) is 5. The molecule has 30 heavy (non-hydrogen) atoms. The summed E-state index contributed by atoms with van der Waals surface area (Å²) in [6.07, 6.45) is 0. The fourth-order valence-electron chi connectivity index (χ4n) is 2.22. The third-order valence-corrected chi connectivity index (χ3v) is 3.26. The molecule has 0 saturated carbocycles. The van der Waals surface area contributed by atoms with E-state index in [2.05, 4.69) is 0 Å². The Balaban J connectivity index is -0.00000113. The predicted octanol–water partition coefficient (Wildman–Crippen LogP) is -6.51. The second-order valence-corrected chi connectivity index (χ2v) is 5.67. The second kappa shape index (κ2) is 19.1. The van der Waals surface area contributed by atoms with Crippen molar-refractivity contribution in [2.45, 2.75) is 0 Å². The molecule has 7 N–H and O–H groups in total. The standard InChI is InChI=1S/C14H23N3O10.ClH.H2O.Ru/c18-10(19)5-15(1-3-16(6-11(20)21)7-12(22)23)2-4-17(8-13(24)25)9-14(26)27;;;/h1-9H2,(H,18,19)(H,20,21)(H,22,23)(H,24,25)(H,26,27);1H;1H2;/q;;;+3/p-1. The number of hydrogen-bond donors (Lipinski definition) is 5. The van der Waals surface area contributed by atoms with Crippen LogP contribution in [0.1, 0.15) is 0 Å². The molecule has 0 rings (SSSR count). The van der Waals surface area contributed by atoms with E-state index in [0.717, 1.165) is 9.80 Å². The topological polar surface area (TPSA) is 228 Å². The molecule has 14 nitrogen and oxygen atoms in total. The number of carbonyl (C=O) groups is 5. The zero-order chi connectivity index (χ0) is 21.0. The van der Waals surface area contributed by atoms with Crippen molar-refractivity contribution in [1.82, 2.24) is 14.7 Å². The van der Waals surface area contributed by atoms with Gasteiger partial charge < -0.3 is 43.4 Å². The normalized spacial score (nSPS) is 9.97. The molecule has 0 aromatic carbocycles. The van der Waals surface area contributed by atoms with E-state index in [-0.39, 0.29) is 63.5 Å². The number of rotatable bonds is 16. The summed E-state index contributed by atoms with van der Waals surface area (Å²) in [5, 5.41) is 44.1. The molecule has 0 bridgehead atoms. The Morgan fingerprint density at radius 3 is 0.833 bits per heavy atom. The Kier molecular flexibility index (Phi) is 22.6. The van der Waals surface area contributed by atoms with Crippen molar-refractivity contribution in [3.8, 4) is 0 Å². The molecule has 0 aliphatic carbocycles. The molecule has 0 spiro atoms. The monoisotopic (exact) mass is 548 g/mol. The van der Waals surface area contributed by atoms with Crippen LogP contribution in [-0.4, -0.2) is 134 Å². The van der Waals surface area contributed by atoms with Gasteiger partial charge in [0.25, 0.3) is 0 Å². The van der Waals surface area contributed by atoms with E-state index in [0.29, 0.717) is 0 Å². The van der Waals surface area contributed by atoms with Crippen LogP contribution < -0.4 is 12.4 Å². The average Bonchev–Trinajstić information content (AvgIpc) is 2.46. The summed E-state index contributed by atoms with van der Waals surface area (Å²) in [5.74, 6) is -6.16. The van der Waals surface area contributed by atoms with Gasteiger partial charge in [-0.2, -0.15) is 0 Å². The van der Waals surface area contributed by atoms with E-state index in [4.69, 9.17) is 25.5 Å². The van der Waals surface area contributed by atoms with Gasteiger partial charge in [0.15, 0.2) is 0 Å². The van der Waals surface area contributed by atoms with Gasteiger partial charge in [-0.25, -0.2) is 0 Å². The van der Waals surface area contributed by atoms with E-state index in [1.165, 1.54) is 4.90 Å². The molecule has 0 fully saturated rings. The minimum Gasteiger partial charge on any atom is -1.00 e. The summed E-state index contributed by atoms with van der Waals surface area (Å²) in [6.45, 7) is -2.74. The quantitative estimate of drug-likeness (QED) is 0.113. The number of halogens is 1. The van der Waals surface area contributed by atoms with Crippen LogP contribution in [0.2, 0.25) is 0 Å². The van der Waals surface area contributed by atoms with Crippen molar-refractivity contribution >= 4 is 29.8 Å². The van der Waals surface area contributed by atoms with E-state index >= 15 is 0 Å². The van der Waals surface area contributed by atoms with E-state index in [9.17, 15) is 24.0 Å². The van der Waals surface area contributed by atoms with Crippen molar-refractivity contribution in [2.75, 3.05) is 58.9 Å². The Morgan fingerprint density at radius 1 is 0.467 bits per heavy atom. The molecule has 0 amide bonds. The second-order valence-electron chi connectivity index (χ2n) is 5.67. The molecule has 0 aliphatic rings. The molecule has 0 unspecified atom stereocenters. The van der Waals surface area contributed by atoms with Crippen molar-refractivity contribution in [1.29, 1.82) is 0 Å². The van der Waals surface area contributed by atoms with Crippen molar-refractivity contribution in [2.24, 2.45) is 0 Å². The van der Waals surface area contributed by atoms with Gasteiger partial charge in [0.1, 0.15) is 0 Å². The molecule has 1 radical (unpaired) electrons. The molecular weight excluding hydrogens is 523 g/mol. The van der Waals surface area contributed by atoms with Gasteiger partial charge in [0.05, 0.1) is 32.7 Å². The molecule has 0 heterocycles. The van der Waals surface area contributed by atoms with Crippen LogP contribution in [0, 0.1) is 0 Å². The molecule has 0 aliphatic heterocycles. The number of carboxylic acids is 5. The Morgan fingerprint density at radius 2 is 0.633 bits per heavy atom. The first-order chi connectivity index (χ1) is 12.5. The number of aliphatic carboxylic acids is 5. The van der Waals surface area contributed by atoms with Crippen LogP contribution in [0.4, 0.5) is 0 Å². The minimum absolute atomic E-state index is 0. The Bertz CT molecular complexity index is 495. The maximum absolute atomic E-state index is 11.0. The van der Waals surface area contributed by atoms with Gasteiger partial charge in [-0.05, 0) is 0 Å². The van der Waals surface area contributed by atoms with Crippen molar-refractivity contribution in [3.05, 3.63) is 0 Å². The largest absolute Gasteiger partial charge is 3.00 e. The molecule has 0 atom stereocenters. The summed E-state index contributed by atoms with van der Waals surface area (Å²) in [4.78, 5) is 57.6. The molecule has 175 valence electrons. The van der Waals surface area contributed by atoms with Crippen LogP contribution in [0.3, 0.4) is 0 Å². The molecule has 16 heteroatoms. The van der Waals surface area contributed by atoms with Gasteiger partial charge >= 0.3 is 49.3 Å². The average molecular weight is 548 g/mol. The van der Waals surface area contributed by atoms with Gasteiger partial charge in [-0.3, -0.25) is 38.7 Å². The summed E-state index contributed by atoms with van der Waals surface area (Å²) in [5.41, 5.74) is 0. The van der Waals surface area contributed by atoms with Crippen LogP contribution in [-0.2, 0) is 43.5 Å². The zero-order valence-electron chi connectivity index (χ0n) is 15.7. The van der Waals surface area contributed by atoms with Crippen LogP contribution in [0.15, 0.2) is 0 Å². The summed E-state index contributed by atoms with van der Waals surface area (Å²) < 4.78 is 0. The Labute approximate surface area is 190 Å². The first kappa shape index (κ1) is 35.5. The molecule has 0 aromatic heterocycles.